The summed E-state index contributed by atoms with van der Waals surface area (Å²) in [7, 11) is 1.64. The molecule has 2 aromatic rings. The zero-order valence-electron chi connectivity index (χ0n) is 15.8. The first-order chi connectivity index (χ1) is 13.6. The fraction of sp³-hybridized carbons (Fsp3) is 0.350. The first-order valence-electron chi connectivity index (χ1n) is 9.13. The Morgan fingerprint density at radius 1 is 1.29 bits per heavy atom. The van der Waals surface area contributed by atoms with Gasteiger partial charge in [0.15, 0.2) is 11.5 Å². The highest BCUT2D eigenvalue weighted by Gasteiger charge is 2.35. The fourth-order valence-electron chi connectivity index (χ4n) is 3.35. The Hall–Kier alpha value is -2.87. The van der Waals surface area contributed by atoms with Gasteiger partial charge in [-0.05, 0) is 29.1 Å². The number of nitrogens with zero attached hydrogens (tertiary/aromatic N) is 3. The second kappa shape index (κ2) is 7.63. The molecule has 0 aliphatic carbocycles. The van der Waals surface area contributed by atoms with Gasteiger partial charge < -0.3 is 14.4 Å². The number of benzene rings is 1. The van der Waals surface area contributed by atoms with Crippen molar-refractivity contribution < 1.29 is 19.1 Å². The van der Waals surface area contributed by atoms with E-state index in [4.69, 9.17) is 9.47 Å². The normalized spacial score (nSPS) is 17.6. The number of rotatable bonds is 5. The molecule has 1 atom stereocenters. The average Bonchev–Trinajstić information content (AvgIpc) is 3.45. The molecule has 1 aromatic heterocycles. The summed E-state index contributed by atoms with van der Waals surface area (Å²) in [5.41, 5.74) is 1.80. The molecule has 0 unspecified atom stereocenters. The minimum Gasteiger partial charge on any atom is -0.454 e. The highest BCUT2D eigenvalue weighted by atomic mass is 32.1. The maximum atomic E-state index is 13.0. The maximum absolute atomic E-state index is 13.0. The molecule has 3 heterocycles. The van der Waals surface area contributed by atoms with Crippen LogP contribution in [0, 0.1) is 0 Å². The van der Waals surface area contributed by atoms with Crippen LogP contribution in [0.5, 0.6) is 11.5 Å². The molecule has 8 heteroatoms. The summed E-state index contributed by atoms with van der Waals surface area (Å²) in [5.74, 6) is 1.09. The number of thiophene rings is 1. The number of hydrogen-bond donors (Lipinski definition) is 0. The fourth-order valence-corrected chi connectivity index (χ4v) is 4.07. The number of hydrogen-bond acceptors (Lipinski definition) is 6. The van der Waals surface area contributed by atoms with Crippen LogP contribution in [0.1, 0.15) is 36.2 Å². The van der Waals surface area contributed by atoms with E-state index in [0.29, 0.717) is 24.3 Å². The van der Waals surface area contributed by atoms with Gasteiger partial charge in [0.2, 0.25) is 12.7 Å². The Morgan fingerprint density at radius 3 is 2.86 bits per heavy atom. The van der Waals surface area contributed by atoms with E-state index in [9.17, 15) is 9.59 Å². The first kappa shape index (κ1) is 18.5. The van der Waals surface area contributed by atoms with Crippen LogP contribution in [0.2, 0.25) is 0 Å². The summed E-state index contributed by atoms with van der Waals surface area (Å²) in [4.78, 5) is 27.3. The van der Waals surface area contributed by atoms with E-state index in [0.717, 1.165) is 16.2 Å². The van der Waals surface area contributed by atoms with E-state index in [1.54, 1.807) is 25.3 Å². The van der Waals surface area contributed by atoms with Crippen LogP contribution in [-0.4, -0.2) is 47.8 Å². The minimum absolute atomic E-state index is 0.00501. The Labute approximate surface area is 167 Å². The number of carbonyl (C=O) groups is 2. The van der Waals surface area contributed by atoms with Gasteiger partial charge in [-0.2, -0.15) is 5.10 Å². The predicted molar refractivity (Wildman–Crippen MR) is 106 cm³/mol. The molecule has 7 nitrogen and oxygen atoms in total. The van der Waals surface area contributed by atoms with Crippen molar-refractivity contribution in [3.63, 3.8) is 0 Å². The van der Waals surface area contributed by atoms with Gasteiger partial charge in [-0.1, -0.05) is 19.1 Å². The SMILES string of the molecule is CCC(=O)N(C)CC(=O)N1N=C(c2cccs2)C[C@@H]1c1ccc2c(c1)OCO2. The molecular formula is C20H21N3O4S. The quantitative estimate of drug-likeness (QED) is 0.775. The van der Waals surface area contributed by atoms with Crippen molar-refractivity contribution in [2.24, 2.45) is 5.10 Å². The molecule has 0 N–H and O–H groups in total. The monoisotopic (exact) mass is 399 g/mol. The Morgan fingerprint density at radius 2 is 2.11 bits per heavy atom. The third-order valence-electron chi connectivity index (χ3n) is 4.85. The molecule has 0 radical (unpaired) electrons. The zero-order valence-corrected chi connectivity index (χ0v) is 16.6. The van der Waals surface area contributed by atoms with Crippen LogP contribution in [0.15, 0.2) is 40.8 Å². The molecule has 146 valence electrons. The van der Waals surface area contributed by atoms with Crippen LogP contribution >= 0.6 is 11.3 Å². The van der Waals surface area contributed by atoms with E-state index in [1.165, 1.54) is 9.91 Å². The second-order valence-electron chi connectivity index (χ2n) is 6.70. The van der Waals surface area contributed by atoms with E-state index in [-0.39, 0.29) is 31.2 Å². The summed E-state index contributed by atoms with van der Waals surface area (Å²) in [6.07, 6.45) is 0.969. The van der Waals surface area contributed by atoms with Gasteiger partial charge in [-0.3, -0.25) is 9.59 Å². The smallest absolute Gasteiger partial charge is 0.262 e. The van der Waals surface area contributed by atoms with Crippen molar-refractivity contribution in [3.8, 4) is 11.5 Å². The van der Waals surface area contributed by atoms with Gasteiger partial charge >= 0.3 is 0 Å². The summed E-state index contributed by atoms with van der Waals surface area (Å²) in [6, 6.07) is 9.42. The lowest BCUT2D eigenvalue weighted by atomic mass is 10.0. The van der Waals surface area contributed by atoms with Gasteiger partial charge in [-0.25, -0.2) is 5.01 Å². The molecule has 0 saturated heterocycles. The van der Waals surface area contributed by atoms with Gasteiger partial charge in [0.05, 0.1) is 16.6 Å². The third kappa shape index (κ3) is 3.47. The standard InChI is InChI=1S/C20H21N3O4S/c1-3-19(24)22(2)11-20(25)23-15(10-14(21-23)18-5-4-8-28-18)13-6-7-16-17(9-13)27-12-26-16/h4-9,15H,3,10-12H2,1-2H3/t15-/m1/s1. The molecule has 0 spiro atoms. The summed E-state index contributed by atoms with van der Waals surface area (Å²) in [5, 5.41) is 8.12. The maximum Gasteiger partial charge on any atom is 0.262 e. The predicted octanol–water partition coefficient (Wildman–Crippen LogP) is 3.02. The summed E-state index contributed by atoms with van der Waals surface area (Å²) >= 11 is 1.60. The van der Waals surface area contributed by atoms with E-state index in [1.807, 2.05) is 35.7 Å². The molecule has 0 fully saturated rings. The number of ether oxygens (including phenoxy) is 2. The number of hydrazone groups is 1. The molecule has 2 aliphatic rings. The van der Waals surface area contributed by atoms with Crippen molar-refractivity contribution in [1.29, 1.82) is 0 Å². The Kier molecular flexibility index (Phi) is 5.04. The van der Waals surface area contributed by atoms with Gasteiger partial charge in [0.25, 0.3) is 5.91 Å². The zero-order chi connectivity index (χ0) is 19.7. The molecular weight excluding hydrogens is 378 g/mol. The highest BCUT2D eigenvalue weighted by molar-refractivity contribution is 7.12. The van der Waals surface area contributed by atoms with Crippen LogP contribution in [0.3, 0.4) is 0 Å². The minimum atomic E-state index is -0.246. The number of amides is 2. The number of carbonyl (C=O) groups excluding carboxylic acids is 2. The average molecular weight is 399 g/mol. The van der Waals surface area contributed by atoms with Crippen LogP contribution in [-0.2, 0) is 9.59 Å². The Bertz CT molecular complexity index is 926. The lowest BCUT2D eigenvalue weighted by Gasteiger charge is -2.25. The molecule has 2 aliphatic heterocycles. The van der Waals surface area contributed by atoms with Crippen molar-refractivity contribution >= 4 is 28.9 Å². The molecule has 2 amide bonds. The van der Waals surface area contributed by atoms with Crippen molar-refractivity contribution in [2.75, 3.05) is 20.4 Å². The summed E-state index contributed by atoms with van der Waals surface area (Å²) < 4.78 is 10.9. The van der Waals surface area contributed by atoms with Crippen molar-refractivity contribution in [2.45, 2.75) is 25.8 Å². The lowest BCUT2D eigenvalue weighted by molar-refractivity contribution is -0.140. The van der Waals surface area contributed by atoms with Gasteiger partial charge in [0.1, 0.15) is 6.54 Å². The van der Waals surface area contributed by atoms with Crippen LogP contribution in [0.4, 0.5) is 0 Å². The van der Waals surface area contributed by atoms with Gasteiger partial charge in [-0.15, -0.1) is 11.3 Å². The lowest BCUT2D eigenvalue weighted by Crippen LogP contribution is -2.38. The van der Waals surface area contributed by atoms with Crippen LogP contribution < -0.4 is 9.47 Å². The molecule has 0 saturated carbocycles. The number of likely N-dealkylation sites (N-methyl/N-ethyl adjacent to an activating group) is 1. The van der Waals surface area contributed by atoms with Crippen molar-refractivity contribution in [1.82, 2.24) is 9.91 Å². The largest absolute Gasteiger partial charge is 0.454 e. The molecule has 28 heavy (non-hydrogen) atoms. The molecule has 1 aromatic carbocycles. The Balaban J connectivity index is 1.62. The highest BCUT2D eigenvalue weighted by Crippen LogP contribution is 2.39. The topological polar surface area (TPSA) is 71.4 Å². The first-order valence-corrected chi connectivity index (χ1v) is 10.0. The molecule has 0 bridgehead atoms. The van der Waals surface area contributed by atoms with E-state index < -0.39 is 0 Å². The molecule has 4 rings (SSSR count). The van der Waals surface area contributed by atoms with Crippen molar-refractivity contribution in [3.05, 3.63) is 46.2 Å². The van der Waals surface area contributed by atoms with Crippen LogP contribution in [0.25, 0.3) is 0 Å². The third-order valence-corrected chi connectivity index (χ3v) is 5.77. The van der Waals surface area contributed by atoms with E-state index in [2.05, 4.69) is 5.10 Å². The summed E-state index contributed by atoms with van der Waals surface area (Å²) in [6.45, 7) is 1.98. The number of fused-ring (bicyclic) bond motifs is 1. The van der Waals surface area contributed by atoms with E-state index >= 15 is 0 Å². The van der Waals surface area contributed by atoms with Gasteiger partial charge in [0, 0.05) is 19.9 Å². The second-order valence-corrected chi connectivity index (χ2v) is 7.65.